The number of aliphatic hydroxyl groups is 2. The number of aliphatic hydroxyl groups excluding tert-OH is 2. The van der Waals surface area contributed by atoms with Crippen LogP contribution in [0.1, 0.15) is 0 Å². The minimum absolute atomic E-state index is 0.125. The van der Waals surface area contributed by atoms with Gasteiger partial charge in [-0.3, -0.25) is 0 Å². The second-order valence-electron chi connectivity index (χ2n) is 1.41. The maximum atomic E-state index is 8.00. The Balaban J connectivity index is 0. The average Bonchev–Trinajstić information content (AvgIpc) is 2.24. The molecule has 0 aromatic heterocycles. The maximum absolute atomic E-state index is 8.00. The third-order valence-corrected chi connectivity index (χ3v) is 0.600. The standard InChI is InChI=1S/C3H6O3.C2H6O2.CH2O/c1-4-2-6-3-5-1;3-1-2-4;1-2/h1-3H2;3-4H,1-2H2;1H2. The molecule has 12 heavy (non-hydrogen) atoms. The van der Waals surface area contributed by atoms with Crippen molar-refractivity contribution >= 4 is 6.79 Å². The Labute approximate surface area is 70.7 Å². The van der Waals surface area contributed by atoms with Crippen LogP contribution in [0.2, 0.25) is 0 Å². The summed E-state index contributed by atoms with van der Waals surface area (Å²) < 4.78 is 13.9. The highest BCUT2D eigenvalue weighted by molar-refractivity contribution is 5.10. The molecule has 6 heteroatoms. The minimum atomic E-state index is -0.125. The molecular formula is C6H14O6. The Hall–Kier alpha value is -0.530. The first-order chi connectivity index (χ1) is 5.91. The van der Waals surface area contributed by atoms with Crippen molar-refractivity contribution < 1.29 is 29.2 Å². The summed E-state index contributed by atoms with van der Waals surface area (Å²) in [6.45, 7) is 2.88. The van der Waals surface area contributed by atoms with Crippen LogP contribution in [0.25, 0.3) is 0 Å². The van der Waals surface area contributed by atoms with Crippen molar-refractivity contribution in [2.24, 2.45) is 0 Å². The van der Waals surface area contributed by atoms with Crippen LogP contribution in [0.15, 0.2) is 0 Å². The van der Waals surface area contributed by atoms with Gasteiger partial charge in [0.15, 0.2) is 20.4 Å². The van der Waals surface area contributed by atoms with Crippen molar-refractivity contribution in [3.05, 3.63) is 0 Å². The second kappa shape index (κ2) is 16.8. The highest BCUT2D eigenvalue weighted by Gasteiger charge is 1.93. The number of rotatable bonds is 1. The fourth-order valence-electron chi connectivity index (χ4n) is 0.279. The van der Waals surface area contributed by atoms with Gasteiger partial charge in [0.25, 0.3) is 0 Å². The molecule has 0 unspecified atom stereocenters. The monoisotopic (exact) mass is 182 g/mol. The van der Waals surface area contributed by atoms with Crippen LogP contribution in [0.4, 0.5) is 0 Å². The number of ether oxygens (including phenoxy) is 3. The quantitative estimate of drug-likeness (QED) is 0.524. The molecule has 0 bridgehead atoms. The first kappa shape index (κ1) is 14.0. The van der Waals surface area contributed by atoms with E-state index < -0.39 is 0 Å². The van der Waals surface area contributed by atoms with Crippen LogP contribution in [-0.4, -0.2) is 50.6 Å². The van der Waals surface area contributed by atoms with Crippen molar-refractivity contribution in [1.29, 1.82) is 0 Å². The van der Waals surface area contributed by atoms with Gasteiger partial charge in [-0.1, -0.05) is 0 Å². The lowest BCUT2D eigenvalue weighted by atomic mass is 10.8. The normalized spacial score (nSPS) is 14.8. The SMILES string of the molecule is C1OCOCO1.C=O.OCCO. The van der Waals surface area contributed by atoms with Crippen molar-refractivity contribution in [1.82, 2.24) is 0 Å². The van der Waals surface area contributed by atoms with Gasteiger partial charge >= 0.3 is 0 Å². The molecule has 6 nitrogen and oxygen atoms in total. The summed E-state index contributed by atoms with van der Waals surface area (Å²) >= 11 is 0. The summed E-state index contributed by atoms with van der Waals surface area (Å²) in [5, 5.41) is 15.2. The van der Waals surface area contributed by atoms with Gasteiger partial charge in [-0.15, -0.1) is 0 Å². The van der Waals surface area contributed by atoms with Crippen molar-refractivity contribution in [2.45, 2.75) is 0 Å². The molecule has 1 rings (SSSR count). The lowest BCUT2D eigenvalue weighted by Crippen LogP contribution is -2.14. The van der Waals surface area contributed by atoms with Crippen LogP contribution in [0, 0.1) is 0 Å². The van der Waals surface area contributed by atoms with E-state index in [1.165, 1.54) is 0 Å². The van der Waals surface area contributed by atoms with E-state index in [0.717, 1.165) is 0 Å². The first-order valence-corrected chi connectivity index (χ1v) is 3.15. The van der Waals surface area contributed by atoms with Gasteiger partial charge in [0.1, 0.15) is 6.79 Å². The van der Waals surface area contributed by atoms with Crippen molar-refractivity contribution in [3.63, 3.8) is 0 Å². The van der Waals surface area contributed by atoms with E-state index in [4.69, 9.17) is 15.0 Å². The predicted molar refractivity (Wildman–Crippen MR) is 39.1 cm³/mol. The van der Waals surface area contributed by atoms with E-state index in [9.17, 15) is 0 Å². The molecule has 1 aliphatic rings. The lowest BCUT2D eigenvalue weighted by molar-refractivity contribution is -0.247. The van der Waals surface area contributed by atoms with Gasteiger partial charge in [0.05, 0.1) is 13.2 Å². The van der Waals surface area contributed by atoms with E-state index in [1.54, 1.807) is 0 Å². The Kier molecular flexibility index (Phi) is 19.7. The Morgan fingerprint density at radius 2 is 1.17 bits per heavy atom. The van der Waals surface area contributed by atoms with E-state index in [0.29, 0.717) is 20.4 Å². The van der Waals surface area contributed by atoms with Crippen molar-refractivity contribution in [3.8, 4) is 0 Å². The fourth-order valence-corrected chi connectivity index (χ4v) is 0.279. The molecule has 1 saturated heterocycles. The summed E-state index contributed by atoms with van der Waals surface area (Å²) in [6.07, 6.45) is 0. The van der Waals surface area contributed by atoms with E-state index in [-0.39, 0.29) is 13.2 Å². The van der Waals surface area contributed by atoms with Crippen LogP contribution in [-0.2, 0) is 19.0 Å². The van der Waals surface area contributed by atoms with Gasteiger partial charge < -0.3 is 29.2 Å². The van der Waals surface area contributed by atoms with Gasteiger partial charge in [0, 0.05) is 0 Å². The molecule has 0 spiro atoms. The maximum Gasteiger partial charge on any atom is 0.152 e. The third kappa shape index (κ3) is 16.2. The zero-order valence-electron chi connectivity index (χ0n) is 6.77. The van der Waals surface area contributed by atoms with Gasteiger partial charge in [-0.25, -0.2) is 0 Å². The Morgan fingerprint density at radius 1 is 0.917 bits per heavy atom. The molecule has 0 saturated carbocycles. The molecule has 1 fully saturated rings. The molecule has 1 aliphatic heterocycles. The summed E-state index contributed by atoms with van der Waals surface area (Å²) in [5.74, 6) is 0. The summed E-state index contributed by atoms with van der Waals surface area (Å²) in [4.78, 5) is 8.00. The summed E-state index contributed by atoms with van der Waals surface area (Å²) in [7, 11) is 0. The minimum Gasteiger partial charge on any atom is -0.394 e. The highest BCUT2D eigenvalue weighted by atomic mass is 16.8. The molecule has 0 aliphatic carbocycles. The van der Waals surface area contributed by atoms with E-state index in [1.807, 2.05) is 6.79 Å². The Bertz CT molecular complexity index is 51.5. The second-order valence-corrected chi connectivity index (χ2v) is 1.41. The van der Waals surface area contributed by atoms with Crippen LogP contribution >= 0.6 is 0 Å². The highest BCUT2D eigenvalue weighted by Crippen LogP contribution is 1.87. The summed E-state index contributed by atoms with van der Waals surface area (Å²) in [6, 6.07) is 0. The molecule has 0 aromatic rings. The number of carbonyl (C=O) groups excluding carboxylic acids is 1. The zero-order valence-corrected chi connectivity index (χ0v) is 6.77. The predicted octanol–water partition coefficient (Wildman–Crippen LogP) is -1.29. The lowest BCUT2D eigenvalue weighted by Gasteiger charge is -2.10. The fraction of sp³-hybridized carbons (Fsp3) is 0.833. The van der Waals surface area contributed by atoms with Gasteiger partial charge in [0.2, 0.25) is 0 Å². The largest absolute Gasteiger partial charge is 0.394 e. The molecular weight excluding hydrogens is 168 g/mol. The van der Waals surface area contributed by atoms with Crippen LogP contribution in [0.3, 0.4) is 0 Å². The molecule has 0 atom stereocenters. The zero-order chi connectivity index (χ0) is 9.66. The summed E-state index contributed by atoms with van der Waals surface area (Å²) in [5.41, 5.74) is 0. The number of carbonyl (C=O) groups is 1. The molecule has 74 valence electrons. The Morgan fingerprint density at radius 3 is 1.25 bits per heavy atom. The third-order valence-electron chi connectivity index (χ3n) is 0.600. The topological polar surface area (TPSA) is 85.2 Å². The molecule has 0 radical (unpaired) electrons. The van der Waals surface area contributed by atoms with Crippen LogP contribution < -0.4 is 0 Å². The molecule has 1 heterocycles. The number of hydrogen-bond acceptors (Lipinski definition) is 6. The molecule has 2 N–H and O–H groups in total. The van der Waals surface area contributed by atoms with E-state index in [2.05, 4.69) is 14.2 Å². The van der Waals surface area contributed by atoms with Crippen molar-refractivity contribution in [2.75, 3.05) is 33.6 Å². The average molecular weight is 182 g/mol. The number of hydrogen-bond donors (Lipinski definition) is 2. The van der Waals surface area contributed by atoms with Crippen LogP contribution in [0.5, 0.6) is 0 Å². The van der Waals surface area contributed by atoms with E-state index >= 15 is 0 Å². The molecule has 0 amide bonds. The smallest absolute Gasteiger partial charge is 0.152 e. The van der Waals surface area contributed by atoms with Gasteiger partial charge in [-0.2, -0.15) is 0 Å². The first-order valence-electron chi connectivity index (χ1n) is 3.15. The van der Waals surface area contributed by atoms with Gasteiger partial charge in [-0.05, 0) is 0 Å². The molecule has 0 aromatic carbocycles.